The Balaban J connectivity index is 1.32. The van der Waals surface area contributed by atoms with Crippen LogP contribution in [0.5, 0.6) is 5.75 Å². The topological polar surface area (TPSA) is 112 Å². The van der Waals surface area contributed by atoms with Crippen LogP contribution in [-0.4, -0.2) is 45.4 Å². The van der Waals surface area contributed by atoms with Crippen LogP contribution in [0.3, 0.4) is 0 Å². The molecule has 2 heterocycles. The van der Waals surface area contributed by atoms with Crippen molar-refractivity contribution < 1.29 is 17.5 Å². The van der Waals surface area contributed by atoms with Crippen LogP contribution >= 0.6 is 11.6 Å². The maximum absolute atomic E-state index is 13.4. The van der Waals surface area contributed by atoms with Crippen molar-refractivity contribution in [3.05, 3.63) is 95.3 Å². The normalized spacial score (nSPS) is 11.6. The predicted molar refractivity (Wildman–Crippen MR) is 148 cm³/mol. The van der Waals surface area contributed by atoms with Crippen molar-refractivity contribution in [2.24, 2.45) is 0 Å². The average Bonchev–Trinajstić information content (AvgIpc) is 3.36. The first-order chi connectivity index (χ1) is 18.7. The van der Waals surface area contributed by atoms with Gasteiger partial charge in [-0.25, -0.2) is 27.5 Å². The number of rotatable bonds is 10. The number of nitrogens with one attached hydrogen (secondary N) is 1. The van der Waals surface area contributed by atoms with Gasteiger partial charge in [0, 0.05) is 17.3 Å². The molecule has 0 amide bonds. The Labute approximate surface area is 229 Å². The molecule has 2 aromatic heterocycles. The van der Waals surface area contributed by atoms with Crippen LogP contribution in [0.25, 0.3) is 16.6 Å². The van der Waals surface area contributed by atoms with Gasteiger partial charge < -0.3 is 10.1 Å². The summed E-state index contributed by atoms with van der Waals surface area (Å²) < 4.78 is 43.6. The lowest BCUT2D eigenvalue weighted by Gasteiger charge is -2.12. The lowest BCUT2D eigenvalue weighted by molar-refractivity contribution is 0.306. The first-order valence-corrected chi connectivity index (χ1v) is 14.5. The fraction of sp³-hybridized carbons (Fsp3) is 0.185. The molecule has 0 atom stereocenters. The van der Waals surface area contributed by atoms with Crippen molar-refractivity contribution in [2.75, 3.05) is 17.3 Å². The highest BCUT2D eigenvalue weighted by Gasteiger charge is 2.11. The number of hydrogen-bond donors (Lipinski definition) is 1. The van der Waals surface area contributed by atoms with E-state index in [0.717, 1.165) is 16.6 Å². The number of benzene rings is 3. The van der Waals surface area contributed by atoms with Gasteiger partial charge in [0.25, 0.3) is 0 Å². The molecule has 0 aliphatic rings. The summed E-state index contributed by atoms with van der Waals surface area (Å²) in [5.74, 6) is 0.822. The first kappa shape index (κ1) is 26.5. The monoisotopic (exact) mass is 566 g/mol. The summed E-state index contributed by atoms with van der Waals surface area (Å²) in [6, 6.07) is 17.1. The van der Waals surface area contributed by atoms with Gasteiger partial charge in [-0.1, -0.05) is 28.9 Å². The average molecular weight is 567 g/mol. The van der Waals surface area contributed by atoms with Gasteiger partial charge in [0.2, 0.25) is 0 Å². The lowest BCUT2D eigenvalue weighted by atomic mass is 10.2. The molecule has 5 aromatic rings. The van der Waals surface area contributed by atoms with E-state index in [-0.39, 0.29) is 18.2 Å². The van der Waals surface area contributed by atoms with Crippen LogP contribution in [0.2, 0.25) is 5.02 Å². The molecule has 0 fully saturated rings. The van der Waals surface area contributed by atoms with E-state index in [1.54, 1.807) is 35.1 Å². The molecule has 3 aromatic carbocycles. The molecule has 39 heavy (non-hydrogen) atoms. The number of aryl methyl sites for hydroxylation is 1. The fourth-order valence-electron chi connectivity index (χ4n) is 3.96. The van der Waals surface area contributed by atoms with Crippen LogP contribution in [0, 0.1) is 5.82 Å². The third-order valence-corrected chi connectivity index (χ3v) is 7.18. The van der Waals surface area contributed by atoms with E-state index >= 15 is 0 Å². The molecule has 0 spiro atoms. The third-order valence-electron chi connectivity index (χ3n) is 5.85. The van der Waals surface area contributed by atoms with Crippen molar-refractivity contribution in [1.82, 2.24) is 25.0 Å². The van der Waals surface area contributed by atoms with E-state index in [1.807, 2.05) is 24.3 Å². The fourth-order valence-corrected chi connectivity index (χ4v) is 4.87. The minimum absolute atomic E-state index is 0.104. The summed E-state index contributed by atoms with van der Waals surface area (Å²) in [5.41, 5.74) is 3.57. The van der Waals surface area contributed by atoms with E-state index in [9.17, 15) is 12.8 Å². The third kappa shape index (κ3) is 6.87. The summed E-state index contributed by atoms with van der Waals surface area (Å²) in [4.78, 5) is 8.76. The summed E-state index contributed by atoms with van der Waals surface area (Å²) in [6.07, 6.45) is 5.46. The van der Waals surface area contributed by atoms with Crippen LogP contribution < -0.4 is 10.1 Å². The Hall–Kier alpha value is -4.09. The second kappa shape index (κ2) is 11.3. The molecule has 0 aliphatic carbocycles. The molecule has 0 saturated carbocycles. The number of fused-ring (bicyclic) bond motifs is 1. The van der Waals surface area contributed by atoms with Crippen molar-refractivity contribution >= 4 is 43.8 Å². The predicted octanol–water partition coefficient (Wildman–Crippen LogP) is 5.30. The summed E-state index contributed by atoms with van der Waals surface area (Å²) in [5, 5.41) is 12.8. The first-order valence-electron chi connectivity index (χ1n) is 12.0. The van der Waals surface area contributed by atoms with E-state index in [0.29, 0.717) is 46.4 Å². The summed E-state index contributed by atoms with van der Waals surface area (Å²) >= 11 is 6.46. The zero-order valence-corrected chi connectivity index (χ0v) is 22.5. The van der Waals surface area contributed by atoms with Crippen LogP contribution in [0.1, 0.15) is 17.7 Å². The molecular formula is C27H24ClFN6O3S. The van der Waals surface area contributed by atoms with Crippen LogP contribution in [-0.2, 0) is 22.9 Å². The largest absolute Gasteiger partial charge is 0.487 e. The van der Waals surface area contributed by atoms with Gasteiger partial charge in [0.1, 0.15) is 40.2 Å². The van der Waals surface area contributed by atoms with E-state index in [2.05, 4.69) is 25.6 Å². The Morgan fingerprint density at radius 3 is 2.74 bits per heavy atom. The van der Waals surface area contributed by atoms with E-state index < -0.39 is 9.84 Å². The summed E-state index contributed by atoms with van der Waals surface area (Å²) in [7, 11) is -3.02. The second-order valence-electron chi connectivity index (χ2n) is 9.00. The SMILES string of the molecule is CS(=O)(=O)CCCc1cn(-c2ccc3ncnc(Nc4ccc(OCc5cccc(F)c5)c(Cl)c4)c3c2)nn1. The standard InChI is InChI=1S/C27H24ClFN6O3S/c1-39(36,37)11-3-6-21-15-35(34-33-21)22-8-9-25-23(14-22)27(31-17-30-25)32-20-7-10-26(24(28)13-20)38-16-18-4-2-5-19(29)12-18/h2,4-5,7-10,12-15,17H,3,6,11,16H2,1H3,(H,30,31,32). The Bertz CT molecular complexity index is 1750. The molecule has 0 saturated heterocycles. The van der Waals surface area contributed by atoms with Crippen LogP contribution in [0.15, 0.2) is 73.2 Å². The number of hydrogen-bond acceptors (Lipinski definition) is 8. The number of aromatic nitrogens is 5. The quantitative estimate of drug-likeness (QED) is 0.242. The molecule has 9 nitrogen and oxygen atoms in total. The second-order valence-corrected chi connectivity index (χ2v) is 11.7. The van der Waals surface area contributed by atoms with Gasteiger partial charge in [-0.05, 0) is 66.9 Å². The molecule has 0 aliphatic heterocycles. The molecule has 1 N–H and O–H groups in total. The minimum Gasteiger partial charge on any atom is -0.487 e. The van der Waals surface area contributed by atoms with Gasteiger partial charge in [-0.2, -0.15) is 0 Å². The van der Waals surface area contributed by atoms with E-state index in [4.69, 9.17) is 16.3 Å². The zero-order valence-electron chi connectivity index (χ0n) is 20.9. The van der Waals surface area contributed by atoms with Crippen molar-refractivity contribution in [3.63, 3.8) is 0 Å². The van der Waals surface area contributed by atoms with Gasteiger partial charge in [-0.15, -0.1) is 5.10 Å². The molecular weight excluding hydrogens is 543 g/mol. The van der Waals surface area contributed by atoms with Crippen molar-refractivity contribution in [1.29, 1.82) is 0 Å². The maximum Gasteiger partial charge on any atom is 0.147 e. The van der Waals surface area contributed by atoms with Crippen molar-refractivity contribution in [3.8, 4) is 11.4 Å². The smallest absolute Gasteiger partial charge is 0.147 e. The lowest BCUT2D eigenvalue weighted by Crippen LogP contribution is -2.04. The zero-order chi connectivity index (χ0) is 27.4. The highest BCUT2D eigenvalue weighted by atomic mass is 35.5. The molecule has 0 radical (unpaired) electrons. The molecule has 12 heteroatoms. The number of nitrogens with zero attached hydrogens (tertiary/aromatic N) is 5. The van der Waals surface area contributed by atoms with Gasteiger partial charge in [0.15, 0.2) is 0 Å². The molecule has 0 bridgehead atoms. The van der Waals surface area contributed by atoms with Gasteiger partial charge >= 0.3 is 0 Å². The number of ether oxygens (including phenoxy) is 1. The van der Waals surface area contributed by atoms with E-state index in [1.165, 1.54) is 24.7 Å². The van der Waals surface area contributed by atoms with Crippen molar-refractivity contribution in [2.45, 2.75) is 19.4 Å². The number of anilines is 2. The molecule has 0 unspecified atom stereocenters. The Morgan fingerprint density at radius 1 is 1.08 bits per heavy atom. The number of halogens is 2. The maximum atomic E-state index is 13.4. The molecule has 200 valence electrons. The van der Waals surface area contributed by atoms with Crippen LogP contribution in [0.4, 0.5) is 15.9 Å². The Kier molecular flexibility index (Phi) is 7.71. The van der Waals surface area contributed by atoms with Gasteiger partial charge in [-0.3, -0.25) is 0 Å². The summed E-state index contributed by atoms with van der Waals surface area (Å²) in [6.45, 7) is 0.186. The minimum atomic E-state index is -3.02. The highest BCUT2D eigenvalue weighted by Crippen LogP contribution is 2.31. The number of sulfone groups is 1. The Morgan fingerprint density at radius 2 is 1.95 bits per heavy atom. The molecule has 5 rings (SSSR count). The highest BCUT2D eigenvalue weighted by molar-refractivity contribution is 7.90. The van der Waals surface area contributed by atoms with Gasteiger partial charge in [0.05, 0.1) is 33.9 Å².